The minimum atomic E-state index is -0.435. The summed E-state index contributed by atoms with van der Waals surface area (Å²) in [6.45, 7) is 5.90. The molecule has 1 aromatic heterocycles. The smallest absolute Gasteiger partial charge is 0.319 e. The third-order valence-electron chi connectivity index (χ3n) is 3.97. The molecule has 1 N–H and O–H groups in total. The first-order valence-corrected chi connectivity index (χ1v) is 9.53. The van der Waals surface area contributed by atoms with Gasteiger partial charge >= 0.3 is 5.97 Å². The highest BCUT2D eigenvalue weighted by atomic mass is 32.2. The fourth-order valence-corrected chi connectivity index (χ4v) is 3.44. The van der Waals surface area contributed by atoms with Crippen LogP contribution >= 0.6 is 11.8 Å². The lowest BCUT2D eigenvalue weighted by molar-refractivity contribution is -0.142. The lowest BCUT2D eigenvalue weighted by Crippen LogP contribution is -2.17. The molecule has 7 heteroatoms. The maximum Gasteiger partial charge on any atom is 0.319 e. The van der Waals surface area contributed by atoms with Crippen LogP contribution in [-0.4, -0.2) is 37.7 Å². The van der Waals surface area contributed by atoms with Crippen LogP contribution in [0.5, 0.6) is 5.75 Å². The predicted octanol–water partition coefficient (Wildman–Crippen LogP) is 3.99. The number of ether oxygens (including phenoxy) is 1. The van der Waals surface area contributed by atoms with Crippen LogP contribution in [0.15, 0.2) is 53.7 Å². The Labute approximate surface area is 162 Å². The van der Waals surface area contributed by atoms with Crippen LogP contribution in [-0.2, 0) is 9.53 Å². The van der Waals surface area contributed by atoms with Crippen molar-refractivity contribution in [3.63, 3.8) is 0 Å². The minimum Gasteiger partial charge on any atom is -0.507 e. The third kappa shape index (κ3) is 4.14. The Morgan fingerprint density at radius 3 is 2.56 bits per heavy atom. The van der Waals surface area contributed by atoms with Crippen LogP contribution in [0.25, 0.3) is 17.1 Å². The molecule has 1 atom stereocenters. The van der Waals surface area contributed by atoms with Gasteiger partial charge in [0.25, 0.3) is 0 Å². The first-order valence-electron chi connectivity index (χ1n) is 8.65. The molecule has 0 bridgehead atoms. The van der Waals surface area contributed by atoms with E-state index in [0.717, 1.165) is 11.3 Å². The topological polar surface area (TPSA) is 77.2 Å². The number of aryl methyl sites for hydroxylation is 1. The maximum absolute atomic E-state index is 12.0. The second-order valence-corrected chi connectivity index (χ2v) is 7.31. The normalized spacial score (nSPS) is 12.0. The Hall–Kier alpha value is -2.80. The van der Waals surface area contributed by atoms with Crippen molar-refractivity contribution in [3.8, 4) is 22.8 Å². The largest absolute Gasteiger partial charge is 0.507 e. The molecule has 0 saturated heterocycles. The first-order chi connectivity index (χ1) is 13.0. The van der Waals surface area contributed by atoms with Crippen molar-refractivity contribution in [1.29, 1.82) is 0 Å². The van der Waals surface area contributed by atoms with Gasteiger partial charge in [0.1, 0.15) is 11.0 Å². The summed E-state index contributed by atoms with van der Waals surface area (Å²) in [5.41, 5.74) is 2.55. The molecule has 3 aromatic rings. The van der Waals surface area contributed by atoms with E-state index in [0.29, 0.717) is 23.2 Å². The summed E-state index contributed by atoms with van der Waals surface area (Å²) < 4.78 is 6.93. The van der Waals surface area contributed by atoms with Crippen molar-refractivity contribution in [1.82, 2.24) is 14.8 Å². The van der Waals surface area contributed by atoms with Crippen molar-refractivity contribution in [3.05, 3.63) is 54.1 Å². The molecule has 0 radical (unpaired) electrons. The maximum atomic E-state index is 12.0. The number of para-hydroxylation sites is 1. The molecule has 0 amide bonds. The molecular weight excluding hydrogens is 362 g/mol. The number of rotatable bonds is 6. The molecule has 0 aliphatic carbocycles. The summed E-state index contributed by atoms with van der Waals surface area (Å²) in [5, 5.41) is 18.9. The number of thioether (sulfide) groups is 1. The molecule has 0 fully saturated rings. The Balaban J connectivity index is 2.08. The van der Waals surface area contributed by atoms with Crippen LogP contribution in [0, 0.1) is 6.92 Å². The standard InChI is InChI=1S/C20H21N3O3S/c1-4-26-19(25)14(3)27-20-22-21-18(16-7-5-6-8-17(16)24)23(20)15-11-9-13(2)10-12-15/h5-12,14,24H,4H2,1-3H3/t14-/m1/s1. The number of esters is 1. The van der Waals surface area contributed by atoms with Gasteiger partial charge in [-0.3, -0.25) is 9.36 Å². The number of carbonyl (C=O) groups excluding carboxylic acids is 1. The molecule has 6 nitrogen and oxygen atoms in total. The van der Waals surface area contributed by atoms with Gasteiger partial charge in [-0.15, -0.1) is 10.2 Å². The molecule has 2 aromatic carbocycles. The van der Waals surface area contributed by atoms with Gasteiger partial charge in [-0.25, -0.2) is 0 Å². The number of aromatic nitrogens is 3. The average Bonchev–Trinajstić information content (AvgIpc) is 3.06. The van der Waals surface area contributed by atoms with Gasteiger partial charge in [0.05, 0.1) is 12.2 Å². The first kappa shape index (κ1) is 19.0. The van der Waals surface area contributed by atoms with E-state index in [4.69, 9.17) is 4.74 Å². The Bertz CT molecular complexity index is 938. The highest BCUT2D eigenvalue weighted by Gasteiger charge is 2.23. The summed E-state index contributed by atoms with van der Waals surface area (Å²) in [5.74, 6) is 0.328. The monoisotopic (exact) mass is 383 g/mol. The van der Waals surface area contributed by atoms with E-state index < -0.39 is 5.25 Å². The van der Waals surface area contributed by atoms with Crippen LogP contribution in [0.4, 0.5) is 0 Å². The van der Waals surface area contributed by atoms with Crippen LogP contribution in [0.1, 0.15) is 19.4 Å². The van der Waals surface area contributed by atoms with E-state index in [-0.39, 0.29) is 11.7 Å². The molecule has 140 valence electrons. The highest BCUT2D eigenvalue weighted by molar-refractivity contribution is 8.00. The zero-order chi connectivity index (χ0) is 19.4. The number of hydrogen-bond donors (Lipinski definition) is 1. The Morgan fingerprint density at radius 1 is 1.19 bits per heavy atom. The average molecular weight is 383 g/mol. The van der Waals surface area contributed by atoms with Gasteiger partial charge in [0.15, 0.2) is 11.0 Å². The molecule has 0 unspecified atom stereocenters. The zero-order valence-corrected chi connectivity index (χ0v) is 16.2. The summed E-state index contributed by atoms with van der Waals surface area (Å²) in [4.78, 5) is 12.0. The van der Waals surface area contributed by atoms with E-state index in [9.17, 15) is 9.90 Å². The summed E-state index contributed by atoms with van der Waals surface area (Å²) >= 11 is 1.27. The molecule has 0 aliphatic rings. The van der Waals surface area contributed by atoms with Gasteiger partial charge in [-0.2, -0.15) is 0 Å². The van der Waals surface area contributed by atoms with E-state index in [1.165, 1.54) is 11.8 Å². The quantitative estimate of drug-likeness (QED) is 0.512. The molecule has 3 rings (SSSR count). The Kier molecular flexibility index (Phi) is 5.81. The molecule has 0 spiro atoms. The van der Waals surface area contributed by atoms with Crippen molar-refractivity contribution in [2.45, 2.75) is 31.2 Å². The summed E-state index contributed by atoms with van der Waals surface area (Å²) in [6, 6.07) is 14.9. The summed E-state index contributed by atoms with van der Waals surface area (Å²) in [7, 11) is 0. The lowest BCUT2D eigenvalue weighted by atomic mass is 10.1. The molecular formula is C20H21N3O3S. The number of aromatic hydroxyl groups is 1. The number of phenolic OH excluding ortho intramolecular Hbond substituents is 1. The van der Waals surface area contributed by atoms with Gasteiger partial charge in [0.2, 0.25) is 0 Å². The lowest BCUT2D eigenvalue weighted by Gasteiger charge is -2.13. The zero-order valence-electron chi connectivity index (χ0n) is 15.4. The van der Waals surface area contributed by atoms with Gasteiger partial charge in [-0.1, -0.05) is 41.6 Å². The summed E-state index contributed by atoms with van der Waals surface area (Å²) in [6.07, 6.45) is 0. The minimum absolute atomic E-state index is 0.119. The van der Waals surface area contributed by atoms with E-state index >= 15 is 0 Å². The van der Waals surface area contributed by atoms with Gasteiger partial charge in [-0.05, 0) is 45.0 Å². The molecule has 1 heterocycles. The second kappa shape index (κ2) is 8.26. The van der Waals surface area contributed by atoms with E-state index in [2.05, 4.69) is 10.2 Å². The number of benzene rings is 2. The van der Waals surface area contributed by atoms with Crippen molar-refractivity contribution >= 4 is 17.7 Å². The Morgan fingerprint density at radius 2 is 1.89 bits per heavy atom. The highest BCUT2D eigenvalue weighted by Crippen LogP contribution is 2.34. The fourth-order valence-electron chi connectivity index (χ4n) is 2.58. The van der Waals surface area contributed by atoms with Gasteiger partial charge < -0.3 is 9.84 Å². The number of phenols is 1. The van der Waals surface area contributed by atoms with Crippen LogP contribution in [0.3, 0.4) is 0 Å². The van der Waals surface area contributed by atoms with Crippen molar-refractivity contribution < 1.29 is 14.6 Å². The number of hydrogen-bond acceptors (Lipinski definition) is 6. The fraction of sp³-hybridized carbons (Fsp3) is 0.250. The van der Waals surface area contributed by atoms with Gasteiger partial charge in [0, 0.05) is 5.69 Å². The molecule has 0 aliphatic heterocycles. The third-order valence-corrected chi connectivity index (χ3v) is 4.99. The van der Waals surface area contributed by atoms with Crippen LogP contribution in [0.2, 0.25) is 0 Å². The number of carbonyl (C=O) groups is 1. The van der Waals surface area contributed by atoms with Crippen molar-refractivity contribution in [2.75, 3.05) is 6.61 Å². The van der Waals surface area contributed by atoms with E-state index in [1.54, 1.807) is 32.0 Å². The number of nitrogens with zero attached hydrogens (tertiary/aromatic N) is 3. The molecule has 0 saturated carbocycles. The second-order valence-electron chi connectivity index (χ2n) is 6.01. The van der Waals surface area contributed by atoms with Crippen LogP contribution < -0.4 is 0 Å². The van der Waals surface area contributed by atoms with Crippen molar-refractivity contribution in [2.24, 2.45) is 0 Å². The SMILES string of the molecule is CCOC(=O)[C@@H](C)Sc1nnc(-c2ccccc2O)n1-c1ccc(C)cc1. The van der Waals surface area contributed by atoms with E-state index in [1.807, 2.05) is 41.8 Å². The molecule has 27 heavy (non-hydrogen) atoms. The predicted molar refractivity (Wildman–Crippen MR) is 105 cm³/mol.